The molecule has 0 saturated carbocycles. The van der Waals surface area contributed by atoms with E-state index in [1.165, 1.54) is 11.8 Å². The van der Waals surface area contributed by atoms with Crippen LogP contribution in [0.2, 0.25) is 0 Å². The maximum absolute atomic E-state index is 12.8. The van der Waals surface area contributed by atoms with Gasteiger partial charge < -0.3 is 4.74 Å². The van der Waals surface area contributed by atoms with Crippen molar-refractivity contribution in [2.75, 3.05) is 12.3 Å². The molecule has 1 unspecified atom stereocenters. The molecule has 1 N–H and O–H groups in total. The third kappa shape index (κ3) is 5.72. The lowest BCUT2D eigenvalue weighted by Crippen LogP contribution is -2.46. The van der Waals surface area contributed by atoms with Gasteiger partial charge in [-0.25, -0.2) is 4.79 Å². The van der Waals surface area contributed by atoms with Crippen LogP contribution in [-0.2, 0) is 14.3 Å². The van der Waals surface area contributed by atoms with Crippen LogP contribution in [0.5, 0.6) is 0 Å². The minimum absolute atomic E-state index is 0.106. The number of esters is 2. The topological polar surface area (TPSA) is 72.5 Å². The Labute approximate surface area is 179 Å². The summed E-state index contributed by atoms with van der Waals surface area (Å²) in [6, 6.07) is 18.5. The fourth-order valence-corrected chi connectivity index (χ4v) is 4.99. The van der Waals surface area contributed by atoms with E-state index in [0.29, 0.717) is 18.5 Å². The predicted octanol–water partition coefficient (Wildman–Crippen LogP) is 4.14. The molecule has 0 spiro atoms. The first-order valence-corrected chi connectivity index (χ1v) is 11.3. The van der Waals surface area contributed by atoms with Gasteiger partial charge in [0.05, 0.1) is 5.92 Å². The molecule has 5 nitrogen and oxygen atoms in total. The van der Waals surface area contributed by atoms with Gasteiger partial charge in [-0.15, -0.1) is 0 Å². The van der Waals surface area contributed by atoms with Crippen LogP contribution >= 0.6 is 23.5 Å². The van der Waals surface area contributed by atoms with Crippen molar-refractivity contribution < 1.29 is 19.1 Å². The first-order chi connectivity index (χ1) is 14.0. The van der Waals surface area contributed by atoms with E-state index in [1.807, 2.05) is 36.4 Å². The highest BCUT2D eigenvalue weighted by Crippen LogP contribution is 2.38. The number of thioether (sulfide) groups is 2. The van der Waals surface area contributed by atoms with E-state index in [0.717, 1.165) is 23.1 Å². The predicted molar refractivity (Wildman–Crippen MR) is 116 cm³/mol. The van der Waals surface area contributed by atoms with Gasteiger partial charge in [-0.05, 0) is 31.5 Å². The van der Waals surface area contributed by atoms with Gasteiger partial charge in [-0.1, -0.05) is 79.0 Å². The number of carbonyl (C=O) groups is 3. The van der Waals surface area contributed by atoms with Gasteiger partial charge in [0.1, 0.15) is 0 Å². The molecule has 0 bridgehead atoms. The number of benzene rings is 2. The first kappa shape index (κ1) is 21.6. The van der Waals surface area contributed by atoms with E-state index in [2.05, 4.69) is 5.32 Å². The molecule has 1 aliphatic rings. The molecule has 152 valence electrons. The normalized spacial score (nSPS) is 19.5. The molecular formula is C22H23NO4S2. The smallest absolute Gasteiger partial charge is 0.344 e. The van der Waals surface area contributed by atoms with Crippen LogP contribution in [-0.4, -0.2) is 34.2 Å². The number of hydrogen-bond acceptors (Lipinski definition) is 7. The van der Waals surface area contributed by atoms with Gasteiger partial charge in [0, 0.05) is 16.2 Å². The van der Waals surface area contributed by atoms with E-state index in [9.17, 15) is 14.4 Å². The van der Waals surface area contributed by atoms with Crippen molar-refractivity contribution in [2.24, 2.45) is 5.92 Å². The summed E-state index contributed by atoms with van der Waals surface area (Å²) in [5, 5.41) is 3.10. The van der Waals surface area contributed by atoms with Crippen LogP contribution in [0.25, 0.3) is 0 Å². The van der Waals surface area contributed by atoms with E-state index in [-0.39, 0.29) is 10.9 Å². The number of nitrogens with one attached hydrogen (secondary N) is 1. The van der Waals surface area contributed by atoms with E-state index < -0.39 is 22.7 Å². The Morgan fingerprint density at radius 1 is 1.07 bits per heavy atom. The first-order valence-electron chi connectivity index (χ1n) is 9.47. The van der Waals surface area contributed by atoms with E-state index >= 15 is 0 Å². The molecule has 2 aromatic carbocycles. The SMILES string of the molecule is CC(CSC(=O)c1ccccc1)C(=O)OC(=O)[C@]1(Sc2ccccc2)CCCN1. The van der Waals surface area contributed by atoms with Crippen LogP contribution in [0, 0.1) is 5.92 Å². The standard InChI is InChI=1S/C22H23NO4S2/c1-16(15-28-20(25)17-9-4-2-5-10-17)19(24)27-21(26)22(13-8-14-23-22)29-18-11-6-3-7-12-18/h2-7,9-12,16,23H,8,13-15H2,1H3/t16?,22-/m1/s1. The molecule has 29 heavy (non-hydrogen) atoms. The third-order valence-corrected chi connectivity index (χ3v) is 7.09. The lowest BCUT2D eigenvalue weighted by atomic mass is 10.2. The van der Waals surface area contributed by atoms with E-state index in [1.54, 1.807) is 31.2 Å². The molecule has 1 aliphatic heterocycles. The maximum Gasteiger partial charge on any atom is 0.344 e. The lowest BCUT2D eigenvalue weighted by molar-refractivity contribution is -0.163. The summed E-state index contributed by atoms with van der Waals surface area (Å²) in [5.41, 5.74) is 0.586. The summed E-state index contributed by atoms with van der Waals surface area (Å²) < 4.78 is 5.22. The minimum atomic E-state index is -0.955. The summed E-state index contributed by atoms with van der Waals surface area (Å²) in [6.07, 6.45) is 1.43. The number of rotatable bonds is 7. The highest BCUT2D eigenvalue weighted by Gasteiger charge is 2.45. The van der Waals surface area contributed by atoms with Crippen LogP contribution in [0.15, 0.2) is 65.6 Å². The summed E-state index contributed by atoms with van der Waals surface area (Å²) in [7, 11) is 0. The van der Waals surface area contributed by atoms with Crippen molar-refractivity contribution in [1.29, 1.82) is 0 Å². The van der Waals surface area contributed by atoms with Crippen molar-refractivity contribution in [2.45, 2.75) is 29.5 Å². The Morgan fingerprint density at radius 3 is 2.34 bits per heavy atom. The highest BCUT2D eigenvalue weighted by molar-refractivity contribution is 8.14. The lowest BCUT2D eigenvalue weighted by Gasteiger charge is -2.26. The van der Waals surface area contributed by atoms with Crippen molar-refractivity contribution in [3.05, 3.63) is 66.2 Å². The van der Waals surface area contributed by atoms with E-state index in [4.69, 9.17) is 4.74 Å². The summed E-state index contributed by atoms with van der Waals surface area (Å²) in [6.45, 7) is 2.36. The third-order valence-electron chi connectivity index (χ3n) is 4.55. The van der Waals surface area contributed by atoms with Gasteiger partial charge in [-0.3, -0.25) is 14.9 Å². The quantitative estimate of drug-likeness (QED) is 0.524. The van der Waals surface area contributed by atoms with Crippen molar-refractivity contribution >= 4 is 40.6 Å². The number of ether oxygens (including phenoxy) is 1. The van der Waals surface area contributed by atoms with Crippen LogP contribution in [0.3, 0.4) is 0 Å². The second-order valence-corrected chi connectivity index (χ2v) is 9.21. The molecule has 1 saturated heterocycles. The molecule has 0 aliphatic carbocycles. The molecule has 1 heterocycles. The largest absolute Gasteiger partial charge is 0.391 e. The Balaban J connectivity index is 1.56. The van der Waals surface area contributed by atoms with Gasteiger partial charge in [-0.2, -0.15) is 0 Å². The van der Waals surface area contributed by atoms with Crippen molar-refractivity contribution in [3.8, 4) is 0 Å². The summed E-state index contributed by atoms with van der Waals surface area (Å²) in [4.78, 5) is 37.5. The van der Waals surface area contributed by atoms with Crippen LogP contribution in [0.4, 0.5) is 0 Å². The Hall–Kier alpha value is -2.09. The second-order valence-electron chi connectivity index (χ2n) is 6.85. The molecule has 3 rings (SSSR count). The Morgan fingerprint density at radius 2 is 1.72 bits per heavy atom. The molecule has 7 heteroatoms. The number of carbonyl (C=O) groups excluding carboxylic acids is 3. The van der Waals surface area contributed by atoms with Crippen molar-refractivity contribution in [1.82, 2.24) is 5.32 Å². The van der Waals surface area contributed by atoms with Crippen LogP contribution in [0.1, 0.15) is 30.1 Å². The van der Waals surface area contributed by atoms with Gasteiger partial charge in [0.2, 0.25) is 5.12 Å². The monoisotopic (exact) mass is 429 g/mol. The van der Waals surface area contributed by atoms with Gasteiger partial charge in [0.25, 0.3) is 0 Å². The minimum Gasteiger partial charge on any atom is -0.391 e. The number of hydrogen-bond donors (Lipinski definition) is 1. The summed E-state index contributed by atoms with van der Waals surface area (Å²) in [5.74, 6) is -1.49. The average molecular weight is 430 g/mol. The maximum atomic E-state index is 12.8. The van der Waals surface area contributed by atoms with Crippen LogP contribution < -0.4 is 5.32 Å². The fraction of sp³-hybridized carbons (Fsp3) is 0.318. The average Bonchev–Trinajstić information content (AvgIpc) is 3.22. The summed E-state index contributed by atoms with van der Waals surface area (Å²) >= 11 is 2.43. The van der Waals surface area contributed by atoms with Crippen molar-refractivity contribution in [3.63, 3.8) is 0 Å². The fourth-order valence-electron chi connectivity index (χ4n) is 2.91. The zero-order valence-electron chi connectivity index (χ0n) is 16.1. The Kier molecular flexibility index (Phi) is 7.52. The second kappa shape index (κ2) is 10.1. The molecule has 2 atom stereocenters. The van der Waals surface area contributed by atoms with Gasteiger partial charge in [0.15, 0.2) is 4.87 Å². The molecule has 2 aromatic rings. The molecule has 0 radical (unpaired) electrons. The molecule has 1 fully saturated rings. The molecule has 0 amide bonds. The molecular weight excluding hydrogens is 406 g/mol. The zero-order valence-corrected chi connectivity index (χ0v) is 17.8. The molecule has 0 aromatic heterocycles. The Bertz CT molecular complexity index is 852. The zero-order chi connectivity index (χ0) is 20.7. The van der Waals surface area contributed by atoms with Gasteiger partial charge >= 0.3 is 11.9 Å². The highest BCUT2D eigenvalue weighted by atomic mass is 32.2.